The van der Waals surface area contributed by atoms with Gasteiger partial charge in [0.25, 0.3) is 10.0 Å². The van der Waals surface area contributed by atoms with Crippen LogP contribution in [-0.2, 0) is 16.4 Å². The Labute approximate surface area is 224 Å². The van der Waals surface area contributed by atoms with Crippen LogP contribution in [0, 0.1) is 13.8 Å². The molecule has 4 N–H and O–H groups in total. The lowest BCUT2D eigenvalue weighted by Crippen LogP contribution is -2.33. The highest BCUT2D eigenvalue weighted by Crippen LogP contribution is 2.31. The summed E-state index contributed by atoms with van der Waals surface area (Å²) in [6.45, 7) is 5.86. The Morgan fingerprint density at radius 1 is 1.00 bits per heavy atom. The smallest absolute Gasteiger partial charge is 0.263 e. The van der Waals surface area contributed by atoms with E-state index in [-0.39, 0.29) is 10.7 Å². The molecule has 198 valence electrons. The molecule has 1 fully saturated rings. The molecule has 0 spiro atoms. The van der Waals surface area contributed by atoms with Gasteiger partial charge >= 0.3 is 0 Å². The fourth-order valence-corrected chi connectivity index (χ4v) is 6.17. The van der Waals surface area contributed by atoms with Crippen molar-refractivity contribution in [1.29, 1.82) is 0 Å². The molecule has 0 saturated heterocycles. The quantitative estimate of drug-likeness (QED) is 0.294. The minimum Gasteiger partial charge on any atom is -0.351 e. The van der Waals surface area contributed by atoms with Crippen LogP contribution in [0.1, 0.15) is 49.4 Å². The van der Waals surface area contributed by atoms with Crippen molar-refractivity contribution < 1.29 is 8.42 Å². The lowest BCUT2D eigenvalue weighted by molar-refractivity contribution is 0.410. The molecule has 2 aromatic carbocycles. The largest absolute Gasteiger partial charge is 0.351 e. The molecule has 5 rings (SSSR count). The predicted octanol–water partition coefficient (Wildman–Crippen LogP) is 5.35. The first-order valence-corrected chi connectivity index (χ1v) is 14.6. The predicted molar refractivity (Wildman–Crippen MR) is 153 cm³/mol. The maximum Gasteiger partial charge on any atom is 0.263 e. The van der Waals surface area contributed by atoms with Gasteiger partial charge in [0.15, 0.2) is 0 Å². The van der Waals surface area contributed by atoms with Crippen LogP contribution >= 0.6 is 0 Å². The summed E-state index contributed by atoms with van der Waals surface area (Å²) in [4.78, 5) is 14.2. The van der Waals surface area contributed by atoms with Gasteiger partial charge in [-0.2, -0.15) is 0 Å². The highest BCUT2D eigenvalue weighted by molar-refractivity contribution is 7.92. The van der Waals surface area contributed by atoms with Gasteiger partial charge in [0, 0.05) is 34.9 Å². The second kappa shape index (κ2) is 10.7. The van der Waals surface area contributed by atoms with Crippen molar-refractivity contribution in [3.8, 4) is 11.1 Å². The molecule has 2 aromatic heterocycles. The molecule has 0 amide bonds. The highest BCUT2D eigenvalue weighted by Gasteiger charge is 2.20. The number of hydrogen-bond acceptors (Lipinski definition) is 7. The Hall–Kier alpha value is -3.56. The number of sulfonamides is 1. The third-order valence-electron chi connectivity index (χ3n) is 7.18. The Bertz CT molecular complexity index is 1580. The van der Waals surface area contributed by atoms with Crippen molar-refractivity contribution in [3.05, 3.63) is 71.5 Å². The van der Waals surface area contributed by atoms with Crippen molar-refractivity contribution in [1.82, 2.24) is 15.0 Å². The molecule has 0 radical (unpaired) electrons. The molecule has 0 aliphatic heterocycles. The van der Waals surface area contributed by atoms with Crippen molar-refractivity contribution in [2.75, 3.05) is 10.0 Å². The zero-order valence-electron chi connectivity index (χ0n) is 22.0. The molecular formula is C29H34N6O2S. The van der Waals surface area contributed by atoms with Crippen LogP contribution in [-0.4, -0.2) is 35.5 Å². The number of aromatic nitrogens is 3. The molecule has 0 bridgehead atoms. The van der Waals surface area contributed by atoms with Gasteiger partial charge in [0.2, 0.25) is 5.95 Å². The Balaban J connectivity index is 1.40. The molecule has 0 unspecified atom stereocenters. The van der Waals surface area contributed by atoms with Crippen molar-refractivity contribution in [2.24, 2.45) is 5.73 Å². The average molecular weight is 531 g/mol. The third kappa shape index (κ3) is 5.63. The van der Waals surface area contributed by atoms with Gasteiger partial charge in [-0.1, -0.05) is 19.1 Å². The first-order valence-electron chi connectivity index (χ1n) is 13.1. The fourth-order valence-electron chi connectivity index (χ4n) is 5.06. The molecule has 1 saturated carbocycles. The van der Waals surface area contributed by atoms with Gasteiger partial charge in [-0.15, -0.1) is 0 Å². The summed E-state index contributed by atoms with van der Waals surface area (Å²) in [5, 5.41) is 4.45. The van der Waals surface area contributed by atoms with Crippen LogP contribution in [0.15, 0.2) is 59.6 Å². The summed E-state index contributed by atoms with van der Waals surface area (Å²) < 4.78 is 28.3. The van der Waals surface area contributed by atoms with Crippen LogP contribution in [0.3, 0.4) is 0 Å². The summed E-state index contributed by atoms with van der Waals surface area (Å²) in [7, 11) is -3.73. The zero-order valence-corrected chi connectivity index (χ0v) is 22.8. The van der Waals surface area contributed by atoms with Crippen LogP contribution < -0.4 is 15.8 Å². The number of nitrogens with one attached hydrogen (secondary N) is 2. The molecule has 1 aliphatic carbocycles. The van der Waals surface area contributed by atoms with Crippen LogP contribution in [0.25, 0.3) is 22.0 Å². The minimum absolute atomic E-state index is 0.212. The zero-order chi connectivity index (χ0) is 26.9. The van der Waals surface area contributed by atoms with Gasteiger partial charge in [-0.3, -0.25) is 4.72 Å². The van der Waals surface area contributed by atoms with Gasteiger partial charge in [0.1, 0.15) is 5.82 Å². The lowest BCUT2D eigenvalue weighted by Gasteiger charge is -2.26. The fraction of sp³-hybridized carbons (Fsp3) is 0.345. The van der Waals surface area contributed by atoms with E-state index in [9.17, 15) is 8.42 Å². The van der Waals surface area contributed by atoms with E-state index in [4.69, 9.17) is 10.7 Å². The molecule has 0 atom stereocenters. The van der Waals surface area contributed by atoms with E-state index < -0.39 is 10.0 Å². The number of rotatable bonds is 7. The first kappa shape index (κ1) is 26.1. The van der Waals surface area contributed by atoms with Crippen molar-refractivity contribution in [3.63, 3.8) is 0 Å². The minimum atomic E-state index is -3.73. The topological polar surface area (TPSA) is 123 Å². The normalized spacial score (nSPS) is 17.9. The van der Waals surface area contributed by atoms with Gasteiger partial charge in [-0.25, -0.2) is 23.4 Å². The number of aryl methyl sites for hydroxylation is 3. The monoisotopic (exact) mass is 530 g/mol. The summed E-state index contributed by atoms with van der Waals surface area (Å²) in [6.07, 6.45) is 6.80. The van der Waals surface area contributed by atoms with E-state index in [1.165, 1.54) is 0 Å². The number of nitrogens with two attached hydrogens (primary N) is 1. The van der Waals surface area contributed by atoms with Gasteiger partial charge < -0.3 is 11.1 Å². The molecular weight excluding hydrogens is 496 g/mol. The second-order valence-electron chi connectivity index (χ2n) is 10.1. The van der Waals surface area contributed by atoms with E-state index in [1.54, 1.807) is 24.3 Å². The summed E-state index contributed by atoms with van der Waals surface area (Å²) in [6, 6.07) is 15.3. The number of nitrogens with zero attached hydrogens (tertiary/aromatic N) is 3. The number of hydrogen-bond donors (Lipinski definition) is 3. The number of pyridine rings is 1. The van der Waals surface area contributed by atoms with E-state index in [1.807, 2.05) is 32.2 Å². The molecule has 1 aliphatic rings. The molecule has 9 heteroatoms. The molecule has 2 heterocycles. The number of fused-ring (bicyclic) bond motifs is 1. The van der Waals surface area contributed by atoms with Crippen molar-refractivity contribution >= 4 is 32.7 Å². The van der Waals surface area contributed by atoms with Gasteiger partial charge in [-0.05, 0) is 99.0 Å². The van der Waals surface area contributed by atoms with Crippen LogP contribution in [0.4, 0.5) is 11.8 Å². The van der Waals surface area contributed by atoms with E-state index in [2.05, 4.69) is 39.1 Å². The first-order chi connectivity index (χ1) is 18.2. The standard InChI is InChI=1S/C29H34N6O2S/c1-4-20-15-21(16-22-17-31-29(34-28(20)22)33-24-10-8-23(30)9-11-24)26-12-13-27(32-19(26)3)35-38(36,37)25-7-5-6-18(2)14-25/h5-7,12-17,23-24H,4,8-11,30H2,1-3H3,(H,32,35)(H,31,33,34)/t23-,24-. The Morgan fingerprint density at radius 3 is 2.50 bits per heavy atom. The summed E-state index contributed by atoms with van der Waals surface area (Å²) in [5.41, 5.74) is 11.6. The maximum absolute atomic E-state index is 12.8. The molecule has 4 aromatic rings. The third-order valence-corrected chi connectivity index (χ3v) is 8.54. The van der Waals surface area contributed by atoms with Crippen LogP contribution in [0.2, 0.25) is 0 Å². The second-order valence-corrected chi connectivity index (χ2v) is 11.8. The Kier molecular flexibility index (Phi) is 7.32. The van der Waals surface area contributed by atoms with E-state index >= 15 is 0 Å². The molecule has 8 nitrogen and oxygen atoms in total. The Morgan fingerprint density at radius 2 is 1.79 bits per heavy atom. The van der Waals surface area contributed by atoms with E-state index in [0.29, 0.717) is 18.0 Å². The maximum atomic E-state index is 12.8. The van der Waals surface area contributed by atoms with Crippen molar-refractivity contribution in [2.45, 2.75) is 69.9 Å². The SMILES string of the molecule is CCc1cc(-c2ccc(NS(=O)(=O)c3cccc(C)c3)nc2C)cc2cnc(N[C@H]3CC[C@H](N)CC3)nc12. The number of anilines is 2. The van der Waals surface area contributed by atoms with E-state index in [0.717, 1.165) is 71.0 Å². The van der Waals surface area contributed by atoms with Crippen LogP contribution in [0.5, 0.6) is 0 Å². The summed E-state index contributed by atoms with van der Waals surface area (Å²) in [5.74, 6) is 0.940. The van der Waals surface area contributed by atoms with Gasteiger partial charge in [0.05, 0.1) is 10.4 Å². The summed E-state index contributed by atoms with van der Waals surface area (Å²) >= 11 is 0. The lowest BCUT2D eigenvalue weighted by atomic mass is 9.92. The average Bonchev–Trinajstić information content (AvgIpc) is 2.89. The molecule has 38 heavy (non-hydrogen) atoms. The number of benzene rings is 2. The highest BCUT2D eigenvalue weighted by atomic mass is 32.2.